The van der Waals surface area contributed by atoms with Crippen molar-refractivity contribution >= 4 is 22.5 Å². The number of halogens is 2. The van der Waals surface area contributed by atoms with E-state index in [0.29, 0.717) is 35.2 Å². The predicted molar refractivity (Wildman–Crippen MR) is 126 cm³/mol. The molecule has 6 nitrogen and oxygen atoms in total. The van der Waals surface area contributed by atoms with Crippen LogP contribution in [0.5, 0.6) is 5.75 Å². The molecule has 172 valence electrons. The van der Waals surface area contributed by atoms with Gasteiger partial charge in [-0.15, -0.1) is 0 Å². The summed E-state index contributed by atoms with van der Waals surface area (Å²) in [6, 6.07) is 12.8. The molecule has 1 atom stereocenters. The number of amides is 1. The lowest BCUT2D eigenvalue weighted by Crippen LogP contribution is -2.33. The van der Waals surface area contributed by atoms with Crippen LogP contribution in [0.25, 0.3) is 22.2 Å². The van der Waals surface area contributed by atoms with Gasteiger partial charge in [-0.1, -0.05) is 24.3 Å². The van der Waals surface area contributed by atoms with Crippen molar-refractivity contribution < 1.29 is 18.3 Å². The summed E-state index contributed by atoms with van der Waals surface area (Å²) in [6.07, 6.45) is 3.54. The number of benzene rings is 2. The minimum Gasteiger partial charge on any atom is -0.493 e. The van der Waals surface area contributed by atoms with Gasteiger partial charge in [0.05, 0.1) is 35.0 Å². The van der Waals surface area contributed by atoms with E-state index >= 15 is 0 Å². The number of fused-ring (bicyclic) bond motifs is 2. The topological polar surface area (TPSA) is 67.4 Å². The molecule has 0 fully saturated rings. The van der Waals surface area contributed by atoms with Gasteiger partial charge in [0.2, 0.25) is 0 Å². The molecule has 0 saturated heterocycles. The van der Waals surface area contributed by atoms with E-state index in [1.807, 2.05) is 24.3 Å². The molecule has 34 heavy (non-hydrogen) atoms. The van der Waals surface area contributed by atoms with E-state index in [1.165, 1.54) is 30.6 Å². The molecule has 0 radical (unpaired) electrons. The van der Waals surface area contributed by atoms with Crippen LogP contribution < -0.4 is 15.0 Å². The number of hydrogen-bond acceptors (Lipinski definition) is 5. The Morgan fingerprint density at radius 1 is 1.06 bits per heavy atom. The molecule has 0 spiro atoms. The molecule has 3 heterocycles. The van der Waals surface area contributed by atoms with Crippen LogP contribution in [-0.2, 0) is 0 Å². The summed E-state index contributed by atoms with van der Waals surface area (Å²) in [5.41, 5.74) is 2.01. The Morgan fingerprint density at radius 2 is 1.82 bits per heavy atom. The van der Waals surface area contributed by atoms with Crippen LogP contribution in [0.2, 0.25) is 0 Å². The van der Waals surface area contributed by atoms with Crippen molar-refractivity contribution in [1.82, 2.24) is 15.3 Å². The summed E-state index contributed by atoms with van der Waals surface area (Å²) in [7, 11) is 3.61. The zero-order valence-corrected chi connectivity index (χ0v) is 18.7. The standard InChI is InChI=1S/C26H22F2N4O2/c1-32(2)25-16-10-12-29-24(22-18(27)7-5-8-19(22)28)23(16)30-14-17(25)26(33)31-20-11-13-34-21-9-4-3-6-15(20)21/h3-10,12,14,20H,11,13H2,1-2H3,(H,31,33)/t20-/m0/s1. The minimum absolute atomic E-state index is 0.0847. The van der Waals surface area contributed by atoms with Crippen molar-refractivity contribution in [1.29, 1.82) is 0 Å². The molecular weight excluding hydrogens is 438 g/mol. The van der Waals surface area contributed by atoms with Crippen molar-refractivity contribution in [3.63, 3.8) is 0 Å². The molecule has 1 aliphatic rings. The normalized spacial score (nSPS) is 14.9. The fourth-order valence-corrected chi connectivity index (χ4v) is 4.39. The number of ether oxygens (including phenoxy) is 1. The summed E-state index contributed by atoms with van der Waals surface area (Å²) in [4.78, 5) is 23.8. The first kappa shape index (κ1) is 21.8. The van der Waals surface area contributed by atoms with Gasteiger partial charge >= 0.3 is 0 Å². The Kier molecular flexibility index (Phi) is 5.57. The zero-order valence-electron chi connectivity index (χ0n) is 18.7. The van der Waals surface area contributed by atoms with E-state index in [9.17, 15) is 13.6 Å². The largest absolute Gasteiger partial charge is 0.493 e. The molecule has 0 unspecified atom stereocenters. The first-order chi connectivity index (χ1) is 16.5. The fraction of sp³-hybridized carbons (Fsp3) is 0.192. The van der Waals surface area contributed by atoms with E-state index in [1.54, 1.807) is 25.1 Å². The zero-order chi connectivity index (χ0) is 23.8. The Balaban J connectivity index is 1.60. The number of aromatic nitrogens is 2. The molecule has 1 amide bonds. The van der Waals surface area contributed by atoms with Gasteiger partial charge in [0, 0.05) is 43.9 Å². The van der Waals surface area contributed by atoms with Gasteiger partial charge in [0.1, 0.15) is 23.1 Å². The summed E-state index contributed by atoms with van der Waals surface area (Å²) in [6.45, 7) is 0.502. The number of carbonyl (C=O) groups is 1. The molecule has 0 aliphatic carbocycles. The van der Waals surface area contributed by atoms with Gasteiger partial charge < -0.3 is 15.0 Å². The van der Waals surface area contributed by atoms with Crippen molar-refractivity contribution in [2.24, 2.45) is 0 Å². The SMILES string of the molecule is CN(C)c1c(C(=O)N[C@H]2CCOc3ccccc32)cnc2c(-c3c(F)cccc3F)nccc12. The summed E-state index contributed by atoms with van der Waals surface area (Å²) >= 11 is 0. The van der Waals surface area contributed by atoms with E-state index in [2.05, 4.69) is 15.3 Å². The second-order valence-corrected chi connectivity index (χ2v) is 8.27. The number of anilines is 1. The van der Waals surface area contributed by atoms with E-state index < -0.39 is 11.6 Å². The lowest BCUT2D eigenvalue weighted by Gasteiger charge is -2.27. The summed E-state index contributed by atoms with van der Waals surface area (Å²) in [5.74, 6) is -0.997. The molecule has 1 N–H and O–H groups in total. The van der Waals surface area contributed by atoms with Gasteiger partial charge in [-0.25, -0.2) is 8.78 Å². The van der Waals surface area contributed by atoms with Gasteiger partial charge in [0.15, 0.2) is 0 Å². The third-order valence-electron chi connectivity index (χ3n) is 5.91. The lowest BCUT2D eigenvalue weighted by atomic mass is 9.99. The van der Waals surface area contributed by atoms with Crippen LogP contribution in [-0.4, -0.2) is 36.6 Å². The van der Waals surface area contributed by atoms with Crippen LogP contribution >= 0.6 is 0 Å². The quantitative estimate of drug-likeness (QED) is 0.470. The summed E-state index contributed by atoms with van der Waals surface area (Å²) < 4.78 is 34.7. The molecule has 5 rings (SSSR count). The molecule has 0 bridgehead atoms. The Morgan fingerprint density at radius 3 is 2.59 bits per heavy atom. The smallest absolute Gasteiger partial charge is 0.255 e. The molecule has 4 aromatic rings. The average Bonchev–Trinajstić information content (AvgIpc) is 2.83. The fourth-order valence-electron chi connectivity index (χ4n) is 4.39. The van der Waals surface area contributed by atoms with Crippen molar-refractivity contribution in [3.8, 4) is 17.0 Å². The van der Waals surface area contributed by atoms with Gasteiger partial charge in [-0.3, -0.25) is 14.8 Å². The maximum Gasteiger partial charge on any atom is 0.255 e. The predicted octanol–water partition coefficient (Wildman–Crippen LogP) is 4.89. The average molecular weight is 460 g/mol. The van der Waals surface area contributed by atoms with Crippen molar-refractivity contribution in [2.75, 3.05) is 25.6 Å². The highest BCUT2D eigenvalue weighted by atomic mass is 19.1. The van der Waals surface area contributed by atoms with Crippen LogP contribution in [0.1, 0.15) is 28.4 Å². The van der Waals surface area contributed by atoms with Crippen LogP contribution in [0.4, 0.5) is 14.5 Å². The Bertz CT molecular complexity index is 1390. The second kappa shape index (κ2) is 8.70. The second-order valence-electron chi connectivity index (χ2n) is 8.27. The molecule has 2 aromatic carbocycles. The maximum atomic E-state index is 14.5. The highest BCUT2D eigenvalue weighted by Gasteiger charge is 2.26. The Hall–Kier alpha value is -4.07. The van der Waals surface area contributed by atoms with E-state index in [4.69, 9.17) is 4.74 Å². The van der Waals surface area contributed by atoms with Crippen LogP contribution in [0.3, 0.4) is 0 Å². The highest BCUT2D eigenvalue weighted by molar-refractivity contribution is 6.09. The van der Waals surface area contributed by atoms with E-state index in [0.717, 1.165) is 11.3 Å². The van der Waals surface area contributed by atoms with E-state index in [-0.39, 0.29) is 23.2 Å². The lowest BCUT2D eigenvalue weighted by molar-refractivity contribution is 0.0925. The first-order valence-corrected chi connectivity index (χ1v) is 10.9. The molecular formula is C26H22F2N4O2. The molecule has 1 aliphatic heterocycles. The highest BCUT2D eigenvalue weighted by Crippen LogP contribution is 2.36. The Labute approximate surface area is 195 Å². The molecule has 0 saturated carbocycles. The molecule has 8 heteroatoms. The number of rotatable bonds is 4. The number of carbonyl (C=O) groups excluding carboxylic acids is 1. The number of pyridine rings is 2. The van der Waals surface area contributed by atoms with Gasteiger partial charge in [-0.2, -0.15) is 0 Å². The van der Waals surface area contributed by atoms with Crippen molar-refractivity contribution in [2.45, 2.75) is 12.5 Å². The monoisotopic (exact) mass is 460 g/mol. The number of hydrogen-bond donors (Lipinski definition) is 1. The van der Waals surface area contributed by atoms with Gasteiger partial charge in [0.25, 0.3) is 5.91 Å². The molecule has 2 aromatic heterocycles. The third-order valence-corrected chi connectivity index (χ3v) is 5.91. The minimum atomic E-state index is -0.729. The van der Waals surface area contributed by atoms with Gasteiger partial charge in [-0.05, 0) is 24.3 Å². The van der Waals surface area contributed by atoms with Crippen LogP contribution in [0, 0.1) is 11.6 Å². The summed E-state index contributed by atoms with van der Waals surface area (Å²) in [5, 5.41) is 3.66. The number of nitrogens with zero attached hydrogens (tertiary/aromatic N) is 3. The van der Waals surface area contributed by atoms with Crippen molar-refractivity contribution in [3.05, 3.63) is 83.7 Å². The first-order valence-electron chi connectivity index (χ1n) is 10.9. The maximum absolute atomic E-state index is 14.5. The van der Waals surface area contributed by atoms with Crippen LogP contribution in [0.15, 0.2) is 60.9 Å². The third kappa shape index (κ3) is 3.71. The number of para-hydroxylation sites is 1. The number of nitrogens with one attached hydrogen (secondary N) is 1.